The molecule has 1 heterocycles. The zero-order chi connectivity index (χ0) is 21.8. The number of hydrogen-bond donors (Lipinski definition) is 3. The fourth-order valence-electron chi connectivity index (χ4n) is 3.16. The van der Waals surface area contributed by atoms with Crippen LogP contribution in [-0.4, -0.2) is 33.5 Å². The van der Waals surface area contributed by atoms with Gasteiger partial charge in [0.25, 0.3) is 0 Å². The number of carbonyl (C=O) groups excluding carboxylic acids is 1. The number of allylic oxidation sites excluding steroid dienone is 5. The maximum absolute atomic E-state index is 11.8. The van der Waals surface area contributed by atoms with Crippen LogP contribution in [0.4, 0.5) is 0 Å². The fraction of sp³-hybridized carbons (Fsp3) is 0.400. The van der Waals surface area contributed by atoms with E-state index >= 15 is 0 Å². The highest BCUT2D eigenvalue weighted by atomic mass is 16.5. The molecular weight excluding hydrogens is 380 g/mol. The van der Waals surface area contributed by atoms with Crippen molar-refractivity contribution in [2.24, 2.45) is 0 Å². The number of carbonyl (C=O) groups is 1. The summed E-state index contributed by atoms with van der Waals surface area (Å²) in [5.41, 5.74) is 1.33. The SMILES string of the molecule is C[C@@H]1CCC/C=C\C=C/[C@H](O)C[C@@H](O)c2cccc(c2)[C@@H](O)C/C=C\C=C/C(=O)O1. The second-order valence-corrected chi connectivity index (χ2v) is 7.52. The molecule has 0 unspecified atom stereocenters. The molecule has 0 spiro atoms. The molecule has 5 heteroatoms. The van der Waals surface area contributed by atoms with Gasteiger partial charge in [-0.25, -0.2) is 4.79 Å². The summed E-state index contributed by atoms with van der Waals surface area (Å²) < 4.78 is 5.33. The Morgan fingerprint density at radius 3 is 2.50 bits per heavy atom. The predicted octanol–water partition coefficient (Wildman–Crippen LogP) is 4.23. The first-order chi connectivity index (χ1) is 14.5. The molecule has 0 aliphatic carbocycles. The highest BCUT2D eigenvalue weighted by Crippen LogP contribution is 2.24. The van der Waals surface area contributed by atoms with Gasteiger partial charge >= 0.3 is 5.97 Å². The minimum atomic E-state index is -0.829. The number of esters is 1. The minimum absolute atomic E-state index is 0.162. The van der Waals surface area contributed by atoms with Crippen molar-refractivity contribution in [2.45, 2.75) is 63.4 Å². The van der Waals surface area contributed by atoms with E-state index in [1.54, 1.807) is 54.6 Å². The Morgan fingerprint density at radius 1 is 0.967 bits per heavy atom. The molecule has 4 atom stereocenters. The van der Waals surface area contributed by atoms with Crippen LogP contribution in [0.3, 0.4) is 0 Å². The Kier molecular flexibility index (Phi) is 10.3. The van der Waals surface area contributed by atoms with Gasteiger partial charge in [-0.2, -0.15) is 0 Å². The van der Waals surface area contributed by atoms with Crippen molar-refractivity contribution in [3.05, 3.63) is 84.0 Å². The van der Waals surface area contributed by atoms with Crippen molar-refractivity contribution < 1.29 is 24.9 Å². The van der Waals surface area contributed by atoms with E-state index in [0.717, 1.165) is 19.3 Å². The molecule has 3 N–H and O–H groups in total. The van der Waals surface area contributed by atoms with Crippen LogP contribution in [-0.2, 0) is 9.53 Å². The number of hydrogen-bond acceptors (Lipinski definition) is 5. The maximum atomic E-state index is 11.8. The van der Waals surface area contributed by atoms with Gasteiger partial charge in [-0.1, -0.05) is 66.8 Å². The average Bonchev–Trinajstić information content (AvgIpc) is 2.72. The second kappa shape index (κ2) is 13.0. The van der Waals surface area contributed by atoms with E-state index in [0.29, 0.717) is 17.5 Å². The zero-order valence-electron chi connectivity index (χ0n) is 17.4. The van der Waals surface area contributed by atoms with Crippen LogP contribution in [0.25, 0.3) is 0 Å². The first-order valence-electron chi connectivity index (χ1n) is 10.5. The molecule has 0 radical (unpaired) electrons. The van der Waals surface area contributed by atoms with E-state index in [1.807, 2.05) is 19.1 Å². The minimum Gasteiger partial charge on any atom is -0.460 e. The van der Waals surface area contributed by atoms with Crippen LogP contribution in [0.5, 0.6) is 0 Å². The smallest absolute Gasteiger partial charge is 0.331 e. The van der Waals surface area contributed by atoms with Crippen molar-refractivity contribution in [1.29, 1.82) is 0 Å². The number of cyclic esters (lactones) is 1. The Labute approximate surface area is 178 Å². The lowest BCUT2D eigenvalue weighted by Crippen LogP contribution is -2.12. The number of benzene rings is 1. The predicted molar refractivity (Wildman–Crippen MR) is 118 cm³/mol. The Morgan fingerprint density at radius 2 is 1.70 bits per heavy atom. The van der Waals surface area contributed by atoms with E-state index in [4.69, 9.17) is 4.74 Å². The number of aliphatic hydroxyl groups excluding tert-OH is 3. The van der Waals surface area contributed by atoms with Gasteiger partial charge in [-0.05, 0) is 43.7 Å². The molecule has 1 aliphatic rings. The standard InChI is InChI=1S/C25H32O5/c1-19-11-6-3-2-4-7-14-22(26)18-24(28)21-13-10-12-20(17-21)23(27)15-8-5-9-16-25(29)30-19/h2,4-5,7-10,12-14,16-17,19,22-24,26-28H,3,6,11,15,18H2,1H3/b4-2-,8-5-,14-7-,16-9-/t19-,22+,23+,24-/m1/s1. The Hall–Kier alpha value is -2.47. The summed E-state index contributed by atoms with van der Waals surface area (Å²) in [6, 6.07) is 7.10. The van der Waals surface area contributed by atoms with E-state index in [9.17, 15) is 20.1 Å². The van der Waals surface area contributed by atoms with Crippen LogP contribution in [0.2, 0.25) is 0 Å². The number of fused-ring (bicyclic) bond motifs is 2. The van der Waals surface area contributed by atoms with Crippen LogP contribution < -0.4 is 0 Å². The van der Waals surface area contributed by atoms with Crippen molar-refractivity contribution >= 4 is 5.97 Å². The zero-order valence-corrected chi connectivity index (χ0v) is 17.4. The van der Waals surface area contributed by atoms with E-state index in [2.05, 4.69) is 0 Å². The van der Waals surface area contributed by atoms with Crippen molar-refractivity contribution in [3.8, 4) is 0 Å². The van der Waals surface area contributed by atoms with Gasteiger partial charge in [0.05, 0.1) is 24.4 Å². The first-order valence-corrected chi connectivity index (χ1v) is 10.5. The van der Waals surface area contributed by atoms with Crippen molar-refractivity contribution in [2.75, 3.05) is 0 Å². The molecule has 1 aliphatic heterocycles. The molecule has 0 fully saturated rings. The Bertz CT molecular complexity index is 777. The van der Waals surface area contributed by atoms with E-state index in [-0.39, 0.29) is 18.5 Å². The number of aliphatic hydroxyl groups is 3. The molecule has 1 aromatic carbocycles. The summed E-state index contributed by atoms with van der Waals surface area (Å²) in [6.07, 6.45) is 14.3. The van der Waals surface area contributed by atoms with Gasteiger partial charge in [-0.3, -0.25) is 0 Å². The van der Waals surface area contributed by atoms with Gasteiger partial charge in [0.1, 0.15) is 0 Å². The lowest BCUT2D eigenvalue weighted by atomic mass is 9.98. The monoisotopic (exact) mass is 412 g/mol. The average molecular weight is 413 g/mol. The third kappa shape index (κ3) is 8.91. The van der Waals surface area contributed by atoms with Gasteiger partial charge in [0.15, 0.2) is 0 Å². The van der Waals surface area contributed by atoms with Gasteiger partial charge < -0.3 is 20.1 Å². The van der Waals surface area contributed by atoms with Crippen molar-refractivity contribution in [1.82, 2.24) is 0 Å². The molecule has 0 amide bonds. The third-order valence-corrected chi connectivity index (χ3v) is 4.86. The van der Waals surface area contributed by atoms with Crippen LogP contribution >= 0.6 is 0 Å². The maximum Gasteiger partial charge on any atom is 0.331 e. The molecule has 0 aromatic heterocycles. The van der Waals surface area contributed by atoms with Crippen molar-refractivity contribution in [3.63, 3.8) is 0 Å². The third-order valence-electron chi connectivity index (χ3n) is 4.86. The van der Waals surface area contributed by atoms with E-state index in [1.165, 1.54) is 6.08 Å². The molecule has 2 bridgehead atoms. The highest BCUT2D eigenvalue weighted by molar-refractivity contribution is 5.82. The molecule has 5 nitrogen and oxygen atoms in total. The first kappa shape index (κ1) is 23.8. The number of rotatable bonds is 0. The Balaban J connectivity index is 2.12. The molecule has 162 valence electrons. The summed E-state index contributed by atoms with van der Waals surface area (Å²) in [6.45, 7) is 1.87. The largest absolute Gasteiger partial charge is 0.460 e. The molecule has 0 saturated heterocycles. The van der Waals surface area contributed by atoms with Crippen LogP contribution in [0.15, 0.2) is 72.9 Å². The van der Waals surface area contributed by atoms with Gasteiger partial charge in [-0.15, -0.1) is 0 Å². The lowest BCUT2D eigenvalue weighted by molar-refractivity contribution is -0.142. The quantitative estimate of drug-likeness (QED) is 0.555. The summed E-state index contributed by atoms with van der Waals surface area (Å²) in [5, 5.41) is 31.0. The van der Waals surface area contributed by atoms with Gasteiger partial charge in [0, 0.05) is 12.5 Å². The normalized spacial score (nSPS) is 31.4. The fourth-order valence-corrected chi connectivity index (χ4v) is 3.16. The summed E-state index contributed by atoms with van der Waals surface area (Å²) >= 11 is 0. The molecule has 30 heavy (non-hydrogen) atoms. The molecule has 1 aromatic rings. The second-order valence-electron chi connectivity index (χ2n) is 7.52. The molecular formula is C25H32O5. The van der Waals surface area contributed by atoms with Gasteiger partial charge in [0.2, 0.25) is 0 Å². The van der Waals surface area contributed by atoms with E-state index < -0.39 is 18.3 Å². The number of ether oxygens (including phenoxy) is 1. The molecule has 2 rings (SSSR count). The van der Waals surface area contributed by atoms with Crippen LogP contribution in [0, 0.1) is 0 Å². The molecule has 0 saturated carbocycles. The lowest BCUT2D eigenvalue weighted by Gasteiger charge is -2.16. The summed E-state index contributed by atoms with van der Waals surface area (Å²) in [5.74, 6) is -0.385. The topological polar surface area (TPSA) is 87.0 Å². The van der Waals surface area contributed by atoms with Crippen LogP contribution in [0.1, 0.15) is 62.4 Å². The summed E-state index contributed by atoms with van der Waals surface area (Å²) in [7, 11) is 0. The summed E-state index contributed by atoms with van der Waals surface area (Å²) in [4.78, 5) is 11.8. The highest BCUT2D eigenvalue weighted by Gasteiger charge is 2.14.